The van der Waals surface area contributed by atoms with Crippen LogP contribution in [-0.2, 0) is 9.53 Å². The average molecular weight is 488 g/mol. The Morgan fingerprint density at radius 1 is 0.889 bits per heavy atom. The second kappa shape index (κ2) is 11.5. The molecule has 1 amide bonds. The number of nitrogens with one attached hydrogen (secondary N) is 1. The fourth-order valence-electron chi connectivity index (χ4n) is 4.59. The van der Waals surface area contributed by atoms with Crippen molar-refractivity contribution in [1.29, 1.82) is 0 Å². The van der Waals surface area contributed by atoms with E-state index in [1.54, 1.807) is 31.4 Å². The summed E-state index contributed by atoms with van der Waals surface area (Å²) in [5.41, 5.74) is 5.00. The number of aliphatic carboxylic acids is 1. The SMILES string of the molecule is COc1ccc(C(=O)CCCC[C@H](NC(=O)OCC2c3ccccc3-c3ccccc32)C(=O)O)cc1. The number of fused-ring (bicyclic) bond motifs is 3. The zero-order valence-electron chi connectivity index (χ0n) is 20.1. The van der Waals surface area contributed by atoms with E-state index in [9.17, 15) is 19.5 Å². The van der Waals surface area contributed by atoms with Crippen molar-refractivity contribution in [3.8, 4) is 16.9 Å². The number of hydrogen-bond donors (Lipinski definition) is 2. The highest BCUT2D eigenvalue weighted by Crippen LogP contribution is 2.44. The van der Waals surface area contributed by atoms with Crippen LogP contribution in [0.4, 0.5) is 4.79 Å². The van der Waals surface area contributed by atoms with Crippen molar-refractivity contribution >= 4 is 17.8 Å². The highest BCUT2D eigenvalue weighted by molar-refractivity contribution is 5.96. The normalized spacial score (nSPS) is 12.8. The molecular weight excluding hydrogens is 458 g/mol. The van der Waals surface area contributed by atoms with Gasteiger partial charge in [0.15, 0.2) is 5.78 Å². The molecule has 36 heavy (non-hydrogen) atoms. The van der Waals surface area contributed by atoms with Gasteiger partial charge in [-0.3, -0.25) is 4.79 Å². The Labute approximate surface area is 210 Å². The van der Waals surface area contributed by atoms with Crippen molar-refractivity contribution in [2.24, 2.45) is 0 Å². The van der Waals surface area contributed by atoms with Gasteiger partial charge in [0.1, 0.15) is 18.4 Å². The van der Waals surface area contributed by atoms with Crippen LogP contribution in [0.25, 0.3) is 11.1 Å². The van der Waals surface area contributed by atoms with E-state index in [0.717, 1.165) is 22.3 Å². The molecule has 3 aromatic carbocycles. The maximum absolute atomic E-state index is 12.5. The Morgan fingerprint density at radius 2 is 1.50 bits per heavy atom. The summed E-state index contributed by atoms with van der Waals surface area (Å²) < 4.78 is 10.6. The number of amides is 1. The predicted molar refractivity (Wildman–Crippen MR) is 135 cm³/mol. The van der Waals surface area contributed by atoms with Gasteiger partial charge in [-0.25, -0.2) is 9.59 Å². The van der Waals surface area contributed by atoms with Gasteiger partial charge in [-0.05, 0) is 59.4 Å². The Bertz CT molecular complexity index is 1190. The van der Waals surface area contributed by atoms with Crippen molar-refractivity contribution < 1.29 is 29.0 Å². The molecule has 0 radical (unpaired) electrons. The summed E-state index contributed by atoms with van der Waals surface area (Å²) in [5.74, 6) is -0.579. The molecule has 186 valence electrons. The summed E-state index contributed by atoms with van der Waals surface area (Å²) in [6, 6.07) is 21.8. The van der Waals surface area contributed by atoms with E-state index in [-0.39, 0.29) is 24.7 Å². The molecular formula is C29H29NO6. The minimum absolute atomic E-state index is 0.0194. The molecule has 1 atom stereocenters. The maximum atomic E-state index is 12.5. The van der Waals surface area contributed by atoms with Crippen LogP contribution in [0.15, 0.2) is 72.8 Å². The second-order valence-corrected chi connectivity index (χ2v) is 8.76. The van der Waals surface area contributed by atoms with Crippen LogP contribution in [0, 0.1) is 0 Å². The number of carboxylic acids is 1. The number of ketones is 1. The number of benzene rings is 3. The summed E-state index contributed by atoms with van der Waals surface area (Å²) in [5, 5.41) is 12.0. The number of alkyl carbamates (subject to hydrolysis) is 1. The van der Waals surface area contributed by atoms with Gasteiger partial charge in [-0.2, -0.15) is 0 Å². The van der Waals surface area contributed by atoms with E-state index in [0.29, 0.717) is 30.6 Å². The standard InChI is InChI=1S/C29H29NO6/c1-35-20-16-14-19(15-17-20)27(31)13-7-6-12-26(28(32)33)30-29(34)36-18-25-23-10-4-2-8-21(23)22-9-3-5-11-24(22)25/h2-5,8-11,14-17,25-26H,6-7,12-13,18H2,1H3,(H,30,34)(H,32,33)/t26-/m0/s1. The third-order valence-electron chi connectivity index (χ3n) is 6.49. The van der Waals surface area contributed by atoms with E-state index in [4.69, 9.17) is 9.47 Å². The summed E-state index contributed by atoms with van der Waals surface area (Å²) in [4.78, 5) is 36.5. The zero-order valence-corrected chi connectivity index (χ0v) is 20.1. The highest BCUT2D eigenvalue weighted by Gasteiger charge is 2.29. The fraction of sp³-hybridized carbons (Fsp3) is 0.276. The maximum Gasteiger partial charge on any atom is 0.407 e. The van der Waals surface area contributed by atoms with Gasteiger partial charge in [-0.1, -0.05) is 55.0 Å². The highest BCUT2D eigenvalue weighted by atomic mass is 16.5. The van der Waals surface area contributed by atoms with Crippen molar-refractivity contribution in [3.05, 3.63) is 89.5 Å². The Kier molecular flexibility index (Phi) is 8.00. The number of carbonyl (C=O) groups excluding carboxylic acids is 2. The van der Waals surface area contributed by atoms with Crippen molar-refractivity contribution in [1.82, 2.24) is 5.32 Å². The van der Waals surface area contributed by atoms with Gasteiger partial charge in [0.05, 0.1) is 7.11 Å². The third kappa shape index (κ3) is 5.74. The molecule has 3 aromatic rings. The molecule has 0 fully saturated rings. The molecule has 4 rings (SSSR count). The fourth-order valence-corrected chi connectivity index (χ4v) is 4.59. The van der Waals surface area contributed by atoms with Gasteiger partial charge in [0.25, 0.3) is 0 Å². The topological polar surface area (TPSA) is 102 Å². The largest absolute Gasteiger partial charge is 0.497 e. The first-order valence-corrected chi connectivity index (χ1v) is 12.0. The zero-order chi connectivity index (χ0) is 25.5. The number of hydrogen-bond acceptors (Lipinski definition) is 5. The molecule has 0 spiro atoms. The van der Waals surface area contributed by atoms with E-state index in [2.05, 4.69) is 5.32 Å². The van der Waals surface area contributed by atoms with Crippen LogP contribution in [0.1, 0.15) is 53.1 Å². The van der Waals surface area contributed by atoms with E-state index < -0.39 is 18.1 Å². The average Bonchev–Trinajstić information content (AvgIpc) is 3.22. The lowest BCUT2D eigenvalue weighted by atomic mass is 9.98. The van der Waals surface area contributed by atoms with Crippen LogP contribution in [0.5, 0.6) is 5.75 Å². The lowest BCUT2D eigenvalue weighted by Crippen LogP contribution is -2.41. The van der Waals surface area contributed by atoms with Gasteiger partial charge in [0, 0.05) is 17.9 Å². The number of methoxy groups -OCH3 is 1. The number of carboxylic acid groups (broad SMARTS) is 1. The van der Waals surface area contributed by atoms with Gasteiger partial charge in [0.2, 0.25) is 0 Å². The molecule has 1 aliphatic carbocycles. The number of ether oxygens (including phenoxy) is 2. The molecule has 0 saturated heterocycles. The molecule has 0 aromatic heterocycles. The molecule has 0 bridgehead atoms. The Balaban J connectivity index is 1.26. The summed E-state index contributed by atoms with van der Waals surface area (Å²) in [6.45, 7) is 0.114. The monoisotopic (exact) mass is 487 g/mol. The van der Waals surface area contributed by atoms with Crippen LogP contribution in [-0.4, -0.2) is 42.7 Å². The first-order valence-electron chi connectivity index (χ1n) is 12.0. The van der Waals surface area contributed by atoms with E-state index >= 15 is 0 Å². The molecule has 0 heterocycles. The van der Waals surface area contributed by atoms with Gasteiger partial charge < -0.3 is 19.9 Å². The first kappa shape index (κ1) is 25.0. The number of carbonyl (C=O) groups is 3. The molecule has 0 aliphatic heterocycles. The Morgan fingerprint density at radius 3 is 2.08 bits per heavy atom. The van der Waals surface area contributed by atoms with Crippen molar-refractivity contribution in [2.45, 2.75) is 37.6 Å². The van der Waals surface area contributed by atoms with Crippen molar-refractivity contribution in [2.75, 3.05) is 13.7 Å². The molecule has 2 N–H and O–H groups in total. The summed E-state index contributed by atoms with van der Waals surface area (Å²) in [7, 11) is 1.56. The second-order valence-electron chi connectivity index (χ2n) is 8.76. The third-order valence-corrected chi connectivity index (χ3v) is 6.49. The number of Topliss-reactive ketones (excluding diaryl/α,β-unsaturated/α-hetero) is 1. The van der Waals surface area contributed by atoms with Crippen LogP contribution < -0.4 is 10.1 Å². The summed E-state index contributed by atoms with van der Waals surface area (Å²) >= 11 is 0. The van der Waals surface area contributed by atoms with E-state index in [1.165, 1.54) is 0 Å². The first-order chi connectivity index (χ1) is 17.5. The van der Waals surface area contributed by atoms with Crippen LogP contribution in [0.3, 0.4) is 0 Å². The molecule has 1 aliphatic rings. The lowest BCUT2D eigenvalue weighted by Gasteiger charge is -2.17. The van der Waals surface area contributed by atoms with Gasteiger partial charge in [-0.15, -0.1) is 0 Å². The minimum Gasteiger partial charge on any atom is -0.497 e. The number of rotatable bonds is 11. The quantitative estimate of drug-likeness (QED) is 0.276. The molecule has 7 nitrogen and oxygen atoms in total. The minimum atomic E-state index is -1.13. The van der Waals surface area contributed by atoms with E-state index in [1.807, 2.05) is 48.5 Å². The number of unbranched alkanes of at least 4 members (excludes halogenated alkanes) is 1. The smallest absolute Gasteiger partial charge is 0.407 e. The van der Waals surface area contributed by atoms with Crippen LogP contribution in [0.2, 0.25) is 0 Å². The molecule has 0 saturated carbocycles. The predicted octanol–water partition coefficient (Wildman–Crippen LogP) is 5.43. The Hall–Kier alpha value is -4.13. The molecule has 7 heteroatoms. The lowest BCUT2D eigenvalue weighted by molar-refractivity contribution is -0.139. The summed E-state index contributed by atoms with van der Waals surface area (Å²) in [6.07, 6.45) is 0.723. The van der Waals surface area contributed by atoms with Gasteiger partial charge >= 0.3 is 12.1 Å². The van der Waals surface area contributed by atoms with Crippen LogP contribution >= 0.6 is 0 Å². The van der Waals surface area contributed by atoms with Crippen molar-refractivity contribution in [3.63, 3.8) is 0 Å². The molecule has 0 unspecified atom stereocenters.